The van der Waals surface area contributed by atoms with Crippen LogP contribution in [0.3, 0.4) is 0 Å². The van der Waals surface area contributed by atoms with E-state index in [0.29, 0.717) is 17.1 Å². The van der Waals surface area contributed by atoms with Crippen LogP contribution >= 0.6 is 11.3 Å². The van der Waals surface area contributed by atoms with Crippen LogP contribution in [0.4, 0.5) is 5.00 Å². The van der Waals surface area contributed by atoms with Crippen molar-refractivity contribution in [2.75, 3.05) is 24.8 Å². The minimum atomic E-state index is -0.276. The number of carbonyl (C=O) groups excluding carboxylic acids is 1. The quantitative estimate of drug-likeness (QED) is 0.674. The van der Waals surface area contributed by atoms with Crippen molar-refractivity contribution in [1.82, 2.24) is 5.43 Å². The van der Waals surface area contributed by atoms with Crippen LogP contribution in [0.1, 0.15) is 34.5 Å². The Morgan fingerprint density at radius 1 is 1.12 bits per heavy atom. The van der Waals surface area contributed by atoms with Crippen LogP contribution in [0.2, 0.25) is 0 Å². The number of piperidine rings is 1. The highest BCUT2D eigenvalue weighted by Crippen LogP contribution is 2.32. The first-order chi connectivity index (χ1) is 12.3. The number of anilines is 1. The van der Waals surface area contributed by atoms with Crippen LogP contribution in [0.5, 0.6) is 11.5 Å². The molecular weight excluding hydrogens is 338 g/mol. The summed E-state index contributed by atoms with van der Waals surface area (Å²) >= 11 is 1.69. The van der Waals surface area contributed by atoms with Crippen molar-refractivity contribution in [2.24, 2.45) is 5.10 Å². The average Bonchev–Trinajstić information content (AvgIpc) is 3.31. The van der Waals surface area contributed by atoms with Crippen molar-refractivity contribution in [3.63, 3.8) is 0 Å². The Bertz CT molecular complexity index is 797. The second-order valence-electron chi connectivity index (χ2n) is 5.99. The van der Waals surface area contributed by atoms with Crippen LogP contribution in [0, 0.1) is 0 Å². The first-order valence-corrected chi connectivity index (χ1v) is 9.19. The predicted octanol–water partition coefficient (Wildman–Crippen LogP) is 3.23. The van der Waals surface area contributed by atoms with Gasteiger partial charge in [0.2, 0.25) is 6.79 Å². The van der Waals surface area contributed by atoms with Gasteiger partial charge in [-0.2, -0.15) is 5.10 Å². The fourth-order valence-electron chi connectivity index (χ4n) is 2.95. The van der Waals surface area contributed by atoms with Crippen LogP contribution in [-0.2, 0) is 0 Å². The molecule has 0 unspecified atom stereocenters. The maximum absolute atomic E-state index is 12.2. The minimum Gasteiger partial charge on any atom is -0.454 e. The number of amides is 1. The van der Waals surface area contributed by atoms with E-state index < -0.39 is 0 Å². The fraction of sp³-hybridized carbons (Fsp3) is 0.333. The monoisotopic (exact) mass is 357 g/mol. The van der Waals surface area contributed by atoms with E-state index in [1.165, 1.54) is 24.3 Å². The van der Waals surface area contributed by atoms with Gasteiger partial charge in [0.1, 0.15) is 0 Å². The standard InChI is InChI=1S/C18H19N3O3S/c22-18(13-4-6-15-16(10-13)24-12-23-15)20-19-11-14-5-7-17(25-14)21-8-2-1-3-9-21/h4-7,10-11H,1-3,8-9,12H2,(H,20,22)/b19-11-. The molecule has 1 amide bonds. The number of rotatable bonds is 4. The predicted molar refractivity (Wildman–Crippen MR) is 98.0 cm³/mol. The summed E-state index contributed by atoms with van der Waals surface area (Å²) in [7, 11) is 0. The number of thiophene rings is 1. The molecule has 0 aliphatic carbocycles. The first-order valence-electron chi connectivity index (χ1n) is 8.37. The zero-order chi connectivity index (χ0) is 17.1. The number of hydrogen-bond donors (Lipinski definition) is 1. The van der Waals surface area contributed by atoms with Crippen molar-refractivity contribution in [1.29, 1.82) is 0 Å². The first kappa shape index (κ1) is 16.0. The molecule has 130 valence electrons. The van der Waals surface area contributed by atoms with Gasteiger partial charge >= 0.3 is 0 Å². The molecule has 0 saturated carbocycles. The van der Waals surface area contributed by atoms with Crippen LogP contribution in [0.15, 0.2) is 35.4 Å². The molecule has 1 aromatic carbocycles. The molecule has 0 atom stereocenters. The van der Waals surface area contributed by atoms with Gasteiger partial charge in [0.05, 0.1) is 11.2 Å². The molecule has 4 rings (SSSR count). The van der Waals surface area contributed by atoms with Crippen molar-refractivity contribution < 1.29 is 14.3 Å². The van der Waals surface area contributed by atoms with E-state index in [2.05, 4.69) is 21.5 Å². The highest BCUT2D eigenvalue weighted by molar-refractivity contribution is 7.17. The smallest absolute Gasteiger partial charge is 0.271 e. The van der Waals surface area contributed by atoms with Crippen LogP contribution in [0.25, 0.3) is 0 Å². The van der Waals surface area contributed by atoms with Crippen molar-refractivity contribution >= 4 is 28.5 Å². The molecule has 0 radical (unpaired) electrons. The SMILES string of the molecule is O=C(N/N=C\c1ccc(N2CCCCC2)s1)c1ccc2c(c1)OCO2. The van der Waals surface area contributed by atoms with Gasteiger partial charge in [-0.25, -0.2) is 5.43 Å². The lowest BCUT2D eigenvalue weighted by molar-refractivity contribution is 0.0954. The molecule has 1 fully saturated rings. The molecular formula is C18H19N3O3S. The highest BCUT2D eigenvalue weighted by atomic mass is 32.1. The van der Waals surface area contributed by atoms with E-state index in [1.807, 2.05) is 6.07 Å². The third-order valence-electron chi connectivity index (χ3n) is 4.27. The average molecular weight is 357 g/mol. The number of nitrogens with zero attached hydrogens (tertiary/aromatic N) is 2. The summed E-state index contributed by atoms with van der Waals surface area (Å²) in [4.78, 5) is 15.6. The molecule has 1 aromatic heterocycles. The largest absolute Gasteiger partial charge is 0.454 e. The maximum atomic E-state index is 12.2. The maximum Gasteiger partial charge on any atom is 0.271 e. The van der Waals surface area contributed by atoms with Gasteiger partial charge in [-0.1, -0.05) is 0 Å². The number of fused-ring (bicyclic) bond motifs is 1. The highest BCUT2D eigenvalue weighted by Gasteiger charge is 2.16. The summed E-state index contributed by atoms with van der Waals surface area (Å²) in [6, 6.07) is 9.23. The molecule has 1 N–H and O–H groups in total. The molecule has 3 heterocycles. The van der Waals surface area contributed by atoms with E-state index in [9.17, 15) is 4.79 Å². The van der Waals surface area contributed by atoms with Gasteiger partial charge in [-0.05, 0) is 49.6 Å². The second-order valence-corrected chi connectivity index (χ2v) is 7.08. The summed E-state index contributed by atoms with van der Waals surface area (Å²) in [6.07, 6.45) is 5.52. The number of ether oxygens (including phenoxy) is 2. The van der Waals surface area contributed by atoms with Gasteiger partial charge in [0.25, 0.3) is 5.91 Å². The van der Waals surface area contributed by atoms with Crippen molar-refractivity contribution in [2.45, 2.75) is 19.3 Å². The minimum absolute atomic E-state index is 0.191. The normalized spacial score (nSPS) is 16.4. The lowest BCUT2D eigenvalue weighted by atomic mass is 10.1. The Hall–Kier alpha value is -2.54. The Kier molecular flexibility index (Phi) is 4.56. The van der Waals surface area contributed by atoms with Crippen LogP contribution < -0.4 is 19.8 Å². The lowest BCUT2D eigenvalue weighted by Crippen LogP contribution is -2.28. The Morgan fingerprint density at radius 2 is 1.96 bits per heavy atom. The molecule has 1 saturated heterocycles. The second kappa shape index (κ2) is 7.14. The van der Waals surface area contributed by atoms with E-state index in [-0.39, 0.29) is 12.7 Å². The molecule has 25 heavy (non-hydrogen) atoms. The molecule has 2 aliphatic heterocycles. The number of carbonyl (C=O) groups is 1. The Morgan fingerprint density at radius 3 is 2.84 bits per heavy atom. The van der Waals surface area contributed by atoms with Gasteiger partial charge in [-0.3, -0.25) is 4.79 Å². The zero-order valence-electron chi connectivity index (χ0n) is 13.7. The molecule has 0 spiro atoms. The third-order valence-corrected chi connectivity index (χ3v) is 5.35. The van der Waals surface area contributed by atoms with Crippen molar-refractivity contribution in [3.05, 3.63) is 40.8 Å². The Labute approximate surface area is 150 Å². The van der Waals surface area contributed by atoms with Gasteiger partial charge in [0, 0.05) is 23.5 Å². The lowest BCUT2D eigenvalue weighted by Gasteiger charge is -2.27. The Balaban J connectivity index is 1.36. The summed E-state index contributed by atoms with van der Waals surface area (Å²) < 4.78 is 10.5. The van der Waals surface area contributed by atoms with Crippen molar-refractivity contribution in [3.8, 4) is 11.5 Å². The van der Waals surface area contributed by atoms with E-state index in [0.717, 1.165) is 18.0 Å². The summed E-state index contributed by atoms with van der Waals surface area (Å²) in [5, 5.41) is 5.33. The molecule has 0 bridgehead atoms. The zero-order valence-corrected chi connectivity index (χ0v) is 14.6. The molecule has 6 nitrogen and oxygen atoms in total. The van der Waals surface area contributed by atoms with Gasteiger partial charge in [0.15, 0.2) is 11.5 Å². The van der Waals surface area contributed by atoms with E-state index in [4.69, 9.17) is 9.47 Å². The van der Waals surface area contributed by atoms with Gasteiger partial charge in [-0.15, -0.1) is 11.3 Å². The number of hydrazone groups is 1. The molecule has 7 heteroatoms. The number of nitrogens with one attached hydrogen (secondary N) is 1. The molecule has 2 aromatic rings. The summed E-state index contributed by atoms with van der Waals surface area (Å²) in [5.41, 5.74) is 3.04. The fourth-order valence-corrected chi connectivity index (χ4v) is 3.88. The number of hydrogen-bond acceptors (Lipinski definition) is 6. The topological polar surface area (TPSA) is 63.2 Å². The van der Waals surface area contributed by atoms with Crippen LogP contribution in [-0.4, -0.2) is 32.0 Å². The number of benzene rings is 1. The van der Waals surface area contributed by atoms with E-state index >= 15 is 0 Å². The summed E-state index contributed by atoms with van der Waals surface area (Å²) in [5.74, 6) is 0.965. The van der Waals surface area contributed by atoms with Gasteiger partial charge < -0.3 is 14.4 Å². The van der Waals surface area contributed by atoms with E-state index in [1.54, 1.807) is 35.8 Å². The third kappa shape index (κ3) is 3.61. The summed E-state index contributed by atoms with van der Waals surface area (Å²) in [6.45, 7) is 2.44. The molecule has 2 aliphatic rings.